The molecule has 0 aromatic rings. The molecule has 16 heavy (non-hydrogen) atoms. The molecule has 2 N–H and O–H groups in total. The highest BCUT2D eigenvalue weighted by atomic mass is 16.4. The molecule has 0 saturated heterocycles. The van der Waals surface area contributed by atoms with Crippen LogP contribution in [0.3, 0.4) is 0 Å². The summed E-state index contributed by atoms with van der Waals surface area (Å²) in [6, 6.07) is -0.270. The summed E-state index contributed by atoms with van der Waals surface area (Å²) in [4.78, 5) is 21.9. The molecule has 1 aliphatic carbocycles. The molecule has 0 spiro atoms. The molecule has 0 aromatic carbocycles. The molecule has 1 rings (SSSR count). The molecule has 0 unspecified atom stereocenters. The number of rotatable bonds is 6. The lowest BCUT2D eigenvalue weighted by molar-refractivity contribution is -0.137. The Hall–Kier alpha value is -1.06. The average Bonchev–Trinajstić information content (AvgIpc) is 2.65. The van der Waals surface area contributed by atoms with Crippen molar-refractivity contribution in [1.29, 1.82) is 0 Å². The molecule has 92 valence electrons. The summed E-state index contributed by atoms with van der Waals surface area (Å²) < 4.78 is 0. The van der Waals surface area contributed by atoms with Crippen LogP contribution in [0.25, 0.3) is 0 Å². The van der Waals surface area contributed by atoms with Crippen molar-refractivity contribution in [2.75, 3.05) is 0 Å². The van der Waals surface area contributed by atoms with E-state index in [1.807, 2.05) is 0 Å². The molecule has 0 radical (unpaired) electrons. The van der Waals surface area contributed by atoms with Gasteiger partial charge in [-0.3, -0.25) is 9.59 Å². The van der Waals surface area contributed by atoms with Gasteiger partial charge < -0.3 is 10.4 Å². The molecule has 1 aliphatic rings. The number of aliphatic carboxylic acids is 1. The smallest absolute Gasteiger partial charge is 0.305 e. The Bertz CT molecular complexity index is 247. The monoisotopic (exact) mass is 227 g/mol. The number of carboxylic acid groups (broad SMARTS) is 1. The largest absolute Gasteiger partial charge is 0.481 e. The maximum atomic E-state index is 11.5. The highest BCUT2D eigenvalue weighted by molar-refractivity contribution is 5.77. The maximum Gasteiger partial charge on any atom is 0.305 e. The molecule has 4 nitrogen and oxygen atoms in total. The van der Waals surface area contributed by atoms with E-state index in [1.54, 1.807) is 6.92 Å². The van der Waals surface area contributed by atoms with Crippen LogP contribution >= 0.6 is 0 Å². The zero-order chi connectivity index (χ0) is 12.0. The Balaban J connectivity index is 2.12. The van der Waals surface area contributed by atoms with Crippen LogP contribution in [0.2, 0.25) is 0 Å². The molecule has 4 heteroatoms. The minimum atomic E-state index is -0.872. The van der Waals surface area contributed by atoms with Crippen LogP contribution in [0.1, 0.15) is 51.9 Å². The standard InChI is InChI=1S/C12H21NO3/c1-9(8-12(15)16)13-11(14)7-6-10-4-2-3-5-10/h9-10H,2-8H2,1H3,(H,13,14)(H,15,16)/t9-/m1/s1. The number of amides is 1. The van der Waals surface area contributed by atoms with E-state index in [4.69, 9.17) is 5.11 Å². The van der Waals surface area contributed by atoms with Crippen molar-refractivity contribution in [2.24, 2.45) is 5.92 Å². The van der Waals surface area contributed by atoms with Crippen molar-refractivity contribution >= 4 is 11.9 Å². The molecular formula is C12H21NO3. The van der Waals surface area contributed by atoms with E-state index in [0.29, 0.717) is 12.3 Å². The lowest BCUT2D eigenvalue weighted by atomic mass is 10.0. The molecule has 1 amide bonds. The van der Waals surface area contributed by atoms with Gasteiger partial charge in [0.2, 0.25) is 5.91 Å². The molecule has 0 aliphatic heterocycles. The van der Waals surface area contributed by atoms with E-state index in [2.05, 4.69) is 5.32 Å². The van der Waals surface area contributed by atoms with Gasteiger partial charge in [0, 0.05) is 12.5 Å². The summed E-state index contributed by atoms with van der Waals surface area (Å²) >= 11 is 0. The van der Waals surface area contributed by atoms with Crippen molar-refractivity contribution in [3.8, 4) is 0 Å². The van der Waals surface area contributed by atoms with Crippen molar-refractivity contribution in [3.05, 3.63) is 0 Å². The van der Waals surface area contributed by atoms with E-state index in [1.165, 1.54) is 25.7 Å². The fourth-order valence-corrected chi connectivity index (χ4v) is 2.29. The van der Waals surface area contributed by atoms with E-state index >= 15 is 0 Å². The first-order valence-corrected chi connectivity index (χ1v) is 6.09. The second-order valence-electron chi connectivity index (χ2n) is 4.76. The summed E-state index contributed by atoms with van der Waals surface area (Å²) in [5.41, 5.74) is 0. The topological polar surface area (TPSA) is 66.4 Å². The van der Waals surface area contributed by atoms with Crippen LogP contribution in [0.15, 0.2) is 0 Å². The Morgan fingerprint density at radius 3 is 2.56 bits per heavy atom. The van der Waals surface area contributed by atoms with Crippen LogP contribution in [0, 0.1) is 5.92 Å². The van der Waals surface area contributed by atoms with Crippen molar-refractivity contribution < 1.29 is 14.7 Å². The van der Waals surface area contributed by atoms with Gasteiger partial charge in [-0.15, -0.1) is 0 Å². The Morgan fingerprint density at radius 1 is 1.38 bits per heavy atom. The van der Waals surface area contributed by atoms with Gasteiger partial charge in [-0.05, 0) is 19.3 Å². The number of hydrogen-bond donors (Lipinski definition) is 2. The third-order valence-electron chi connectivity index (χ3n) is 3.14. The number of carbonyl (C=O) groups excluding carboxylic acids is 1. The van der Waals surface area contributed by atoms with E-state index < -0.39 is 5.97 Å². The fourth-order valence-electron chi connectivity index (χ4n) is 2.29. The van der Waals surface area contributed by atoms with Gasteiger partial charge in [-0.25, -0.2) is 0 Å². The molecule has 1 saturated carbocycles. The third kappa shape index (κ3) is 5.14. The molecular weight excluding hydrogens is 206 g/mol. The number of carboxylic acids is 1. The normalized spacial score (nSPS) is 18.3. The van der Waals surface area contributed by atoms with Gasteiger partial charge in [-0.2, -0.15) is 0 Å². The zero-order valence-electron chi connectivity index (χ0n) is 9.87. The Labute approximate surface area is 96.4 Å². The molecule has 0 heterocycles. The zero-order valence-corrected chi connectivity index (χ0v) is 9.87. The minimum Gasteiger partial charge on any atom is -0.481 e. The predicted octanol–water partition coefficient (Wildman–Crippen LogP) is 1.94. The van der Waals surface area contributed by atoms with Gasteiger partial charge >= 0.3 is 5.97 Å². The predicted molar refractivity (Wildman–Crippen MR) is 61.0 cm³/mol. The lowest BCUT2D eigenvalue weighted by Gasteiger charge is -2.13. The summed E-state index contributed by atoms with van der Waals surface area (Å²) in [6.45, 7) is 1.72. The summed E-state index contributed by atoms with van der Waals surface area (Å²) in [5.74, 6) is -0.176. The SMILES string of the molecule is C[C@H](CC(=O)O)NC(=O)CCC1CCCC1. The molecule has 1 atom stereocenters. The number of nitrogens with one attached hydrogen (secondary N) is 1. The quantitative estimate of drug-likeness (QED) is 0.728. The van der Waals surface area contributed by atoms with E-state index in [9.17, 15) is 9.59 Å². The summed E-state index contributed by atoms with van der Waals surface area (Å²) in [6.07, 6.45) is 6.56. The van der Waals surface area contributed by atoms with E-state index in [0.717, 1.165) is 6.42 Å². The maximum absolute atomic E-state index is 11.5. The van der Waals surface area contributed by atoms with Crippen LogP contribution in [-0.2, 0) is 9.59 Å². The van der Waals surface area contributed by atoms with Crippen molar-refractivity contribution in [3.63, 3.8) is 0 Å². The van der Waals surface area contributed by atoms with Gasteiger partial charge in [0.1, 0.15) is 0 Å². The van der Waals surface area contributed by atoms with Crippen molar-refractivity contribution in [1.82, 2.24) is 5.32 Å². The Kier molecular flexibility index (Phi) is 5.29. The minimum absolute atomic E-state index is 0.00479. The number of carbonyl (C=O) groups is 2. The van der Waals surface area contributed by atoms with Gasteiger partial charge in [0.25, 0.3) is 0 Å². The number of hydrogen-bond acceptors (Lipinski definition) is 2. The summed E-state index contributed by atoms with van der Waals surface area (Å²) in [7, 11) is 0. The molecule has 1 fully saturated rings. The van der Waals surface area contributed by atoms with Crippen LogP contribution < -0.4 is 5.32 Å². The molecule has 0 bridgehead atoms. The van der Waals surface area contributed by atoms with Gasteiger partial charge in [0.05, 0.1) is 6.42 Å². The molecule has 0 aromatic heterocycles. The second-order valence-corrected chi connectivity index (χ2v) is 4.76. The third-order valence-corrected chi connectivity index (χ3v) is 3.14. The second kappa shape index (κ2) is 6.51. The highest BCUT2D eigenvalue weighted by Gasteiger charge is 2.17. The first-order valence-electron chi connectivity index (χ1n) is 6.09. The van der Waals surface area contributed by atoms with Crippen LogP contribution in [-0.4, -0.2) is 23.0 Å². The van der Waals surface area contributed by atoms with E-state index in [-0.39, 0.29) is 18.4 Å². The fraction of sp³-hybridized carbons (Fsp3) is 0.833. The van der Waals surface area contributed by atoms with Crippen molar-refractivity contribution in [2.45, 2.75) is 57.9 Å². The first kappa shape index (κ1) is 13.0. The van der Waals surface area contributed by atoms with Gasteiger partial charge in [0.15, 0.2) is 0 Å². The van der Waals surface area contributed by atoms with Crippen LogP contribution in [0.4, 0.5) is 0 Å². The Morgan fingerprint density at radius 2 is 2.00 bits per heavy atom. The highest BCUT2D eigenvalue weighted by Crippen LogP contribution is 2.28. The first-order chi connectivity index (χ1) is 7.58. The average molecular weight is 227 g/mol. The summed E-state index contributed by atoms with van der Waals surface area (Å²) in [5, 5.41) is 11.3. The van der Waals surface area contributed by atoms with Crippen LogP contribution in [0.5, 0.6) is 0 Å². The van der Waals surface area contributed by atoms with Gasteiger partial charge in [-0.1, -0.05) is 25.7 Å². The lowest BCUT2D eigenvalue weighted by Crippen LogP contribution is -2.34.